The van der Waals surface area contributed by atoms with Crippen molar-refractivity contribution in [2.45, 2.75) is 0 Å². The molecule has 1 aromatic rings. The number of halogens is 3. The quantitative estimate of drug-likeness (QED) is 0.500. The molecule has 1 rings (SSSR count). The normalized spacial score (nSPS) is 10.8. The first kappa shape index (κ1) is 11.2. The number of hydrogen-bond donors (Lipinski definition) is 1. The summed E-state index contributed by atoms with van der Waals surface area (Å²) in [4.78, 5) is 17.4. The molecule has 0 aromatic carbocycles. The van der Waals surface area contributed by atoms with E-state index in [9.17, 15) is 4.79 Å². The van der Waals surface area contributed by atoms with Crippen molar-refractivity contribution in [3.63, 3.8) is 0 Å². The van der Waals surface area contributed by atoms with Gasteiger partial charge in [-0.2, -0.15) is 0 Å². The molecule has 0 unspecified atom stereocenters. The first-order valence-corrected chi connectivity index (χ1v) is 4.43. The van der Waals surface area contributed by atoms with Crippen LogP contribution in [0.25, 0.3) is 6.08 Å². The summed E-state index contributed by atoms with van der Waals surface area (Å²) in [5.74, 6) is -1.12. The SMILES string of the molecule is O=C(O)C=Cc1c(Cl)nc(Cl)nc1Cl. The van der Waals surface area contributed by atoms with Crippen LogP contribution in [-0.2, 0) is 4.79 Å². The van der Waals surface area contributed by atoms with Crippen molar-refractivity contribution in [2.24, 2.45) is 0 Å². The summed E-state index contributed by atoms with van der Waals surface area (Å²) in [5.41, 5.74) is 0.222. The van der Waals surface area contributed by atoms with Crippen LogP contribution in [0.2, 0.25) is 15.6 Å². The second-order valence-electron chi connectivity index (χ2n) is 2.16. The lowest BCUT2D eigenvalue weighted by molar-refractivity contribution is -0.131. The molecule has 1 heterocycles. The van der Waals surface area contributed by atoms with E-state index < -0.39 is 5.97 Å². The van der Waals surface area contributed by atoms with E-state index in [2.05, 4.69) is 9.97 Å². The molecule has 0 radical (unpaired) electrons. The van der Waals surface area contributed by atoms with E-state index in [1.165, 1.54) is 6.08 Å². The Morgan fingerprint density at radius 2 is 1.71 bits per heavy atom. The molecule has 0 aliphatic carbocycles. The topological polar surface area (TPSA) is 63.1 Å². The van der Waals surface area contributed by atoms with E-state index in [0.717, 1.165) is 6.08 Å². The zero-order valence-electron chi connectivity index (χ0n) is 6.54. The van der Waals surface area contributed by atoms with Crippen molar-refractivity contribution in [1.82, 2.24) is 9.97 Å². The number of hydrogen-bond acceptors (Lipinski definition) is 3. The molecule has 0 aliphatic heterocycles. The molecule has 0 spiro atoms. The molecule has 0 aliphatic rings. The van der Waals surface area contributed by atoms with Gasteiger partial charge in [-0.1, -0.05) is 23.2 Å². The van der Waals surface area contributed by atoms with Crippen molar-refractivity contribution in [3.8, 4) is 0 Å². The maximum absolute atomic E-state index is 10.2. The van der Waals surface area contributed by atoms with Crippen molar-refractivity contribution in [3.05, 3.63) is 27.2 Å². The van der Waals surface area contributed by atoms with Crippen LogP contribution in [0.1, 0.15) is 5.56 Å². The summed E-state index contributed by atoms with van der Waals surface area (Å²) in [6, 6.07) is 0. The molecule has 4 nitrogen and oxygen atoms in total. The lowest BCUT2D eigenvalue weighted by atomic mass is 10.3. The van der Waals surface area contributed by atoms with Crippen LogP contribution in [0.4, 0.5) is 0 Å². The van der Waals surface area contributed by atoms with Gasteiger partial charge in [0, 0.05) is 11.6 Å². The van der Waals surface area contributed by atoms with Crippen LogP contribution in [0.3, 0.4) is 0 Å². The average molecular weight is 253 g/mol. The van der Waals surface area contributed by atoms with Crippen LogP contribution in [0.15, 0.2) is 6.08 Å². The van der Waals surface area contributed by atoms with Gasteiger partial charge in [-0.25, -0.2) is 14.8 Å². The van der Waals surface area contributed by atoms with Gasteiger partial charge >= 0.3 is 5.97 Å². The lowest BCUT2D eigenvalue weighted by Crippen LogP contribution is -1.91. The molecule has 74 valence electrons. The number of carboxylic acids is 1. The fourth-order valence-electron chi connectivity index (χ4n) is 0.685. The number of aromatic nitrogens is 2. The number of aliphatic carboxylic acids is 1. The molecular formula is C7H3Cl3N2O2. The number of carbonyl (C=O) groups is 1. The Morgan fingerprint density at radius 3 is 2.14 bits per heavy atom. The van der Waals surface area contributed by atoms with Gasteiger partial charge in [-0.15, -0.1) is 0 Å². The molecule has 0 atom stereocenters. The van der Waals surface area contributed by atoms with Gasteiger partial charge < -0.3 is 5.11 Å². The second-order valence-corrected chi connectivity index (χ2v) is 3.21. The van der Waals surface area contributed by atoms with Gasteiger partial charge in [-0.3, -0.25) is 0 Å². The van der Waals surface area contributed by atoms with Crippen LogP contribution in [-0.4, -0.2) is 21.0 Å². The Labute approximate surface area is 94.1 Å². The maximum atomic E-state index is 10.2. The molecule has 0 saturated carbocycles. The zero-order valence-corrected chi connectivity index (χ0v) is 8.81. The van der Waals surface area contributed by atoms with Crippen LogP contribution in [0.5, 0.6) is 0 Å². The highest BCUT2D eigenvalue weighted by molar-refractivity contribution is 6.37. The van der Waals surface area contributed by atoms with E-state index >= 15 is 0 Å². The summed E-state index contributed by atoms with van der Waals surface area (Å²) >= 11 is 16.8. The molecule has 0 amide bonds. The summed E-state index contributed by atoms with van der Waals surface area (Å²) < 4.78 is 0. The molecule has 0 bridgehead atoms. The molecule has 0 saturated heterocycles. The van der Waals surface area contributed by atoms with Gasteiger partial charge in [0.05, 0.1) is 0 Å². The largest absolute Gasteiger partial charge is 0.478 e. The third-order valence-electron chi connectivity index (χ3n) is 1.22. The summed E-state index contributed by atoms with van der Waals surface area (Å²) in [5, 5.41) is 8.29. The lowest BCUT2D eigenvalue weighted by Gasteiger charge is -1.99. The van der Waals surface area contributed by atoms with Crippen molar-refractivity contribution in [1.29, 1.82) is 0 Å². The summed E-state index contributed by atoms with van der Waals surface area (Å²) in [7, 11) is 0. The van der Waals surface area contributed by atoms with Gasteiger partial charge in [0.2, 0.25) is 5.28 Å². The standard InChI is InChI=1S/C7H3Cl3N2O2/c8-5-3(1-2-4(13)14)6(9)12-7(10)11-5/h1-2H,(H,13,14). The van der Waals surface area contributed by atoms with Gasteiger partial charge in [-0.05, 0) is 17.7 Å². The molecule has 1 N–H and O–H groups in total. The number of nitrogens with zero attached hydrogens (tertiary/aromatic N) is 2. The predicted molar refractivity (Wildman–Crippen MR) is 53.7 cm³/mol. The zero-order chi connectivity index (χ0) is 10.7. The fraction of sp³-hybridized carbons (Fsp3) is 0. The van der Waals surface area contributed by atoms with Gasteiger partial charge in [0.15, 0.2) is 0 Å². The third-order valence-corrected chi connectivity index (χ3v) is 1.96. The molecular weight excluding hydrogens is 250 g/mol. The average Bonchev–Trinajstić information content (AvgIpc) is 2.01. The monoisotopic (exact) mass is 252 g/mol. The third kappa shape index (κ3) is 2.83. The summed E-state index contributed by atoms with van der Waals surface area (Å²) in [6.07, 6.45) is 2.08. The van der Waals surface area contributed by atoms with Crippen LogP contribution < -0.4 is 0 Å². The van der Waals surface area contributed by atoms with E-state index in [1.54, 1.807) is 0 Å². The highest BCUT2D eigenvalue weighted by atomic mass is 35.5. The minimum atomic E-state index is -1.12. The highest BCUT2D eigenvalue weighted by Gasteiger charge is 2.07. The van der Waals surface area contributed by atoms with E-state index in [4.69, 9.17) is 39.9 Å². The first-order valence-electron chi connectivity index (χ1n) is 3.30. The Balaban J connectivity index is 3.15. The van der Waals surface area contributed by atoms with Crippen LogP contribution >= 0.6 is 34.8 Å². The van der Waals surface area contributed by atoms with Crippen molar-refractivity contribution < 1.29 is 9.90 Å². The van der Waals surface area contributed by atoms with E-state index in [0.29, 0.717) is 0 Å². The van der Waals surface area contributed by atoms with E-state index in [1.807, 2.05) is 0 Å². The number of rotatable bonds is 2. The minimum absolute atomic E-state index is 0.00694. The smallest absolute Gasteiger partial charge is 0.328 e. The Morgan fingerprint density at radius 1 is 1.21 bits per heavy atom. The highest BCUT2D eigenvalue weighted by Crippen LogP contribution is 2.23. The number of carboxylic acid groups (broad SMARTS) is 1. The molecule has 14 heavy (non-hydrogen) atoms. The summed E-state index contributed by atoms with van der Waals surface area (Å²) in [6.45, 7) is 0. The molecule has 1 aromatic heterocycles. The first-order chi connectivity index (χ1) is 6.50. The van der Waals surface area contributed by atoms with Gasteiger partial charge in [0.1, 0.15) is 10.3 Å². The van der Waals surface area contributed by atoms with Crippen molar-refractivity contribution >= 4 is 46.8 Å². The minimum Gasteiger partial charge on any atom is -0.478 e. The van der Waals surface area contributed by atoms with Gasteiger partial charge in [0.25, 0.3) is 0 Å². The van der Waals surface area contributed by atoms with E-state index in [-0.39, 0.29) is 21.2 Å². The maximum Gasteiger partial charge on any atom is 0.328 e. The van der Waals surface area contributed by atoms with Crippen molar-refractivity contribution in [2.75, 3.05) is 0 Å². The Bertz CT molecular complexity index is 383. The predicted octanol–water partition coefficient (Wildman–Crippen LogP) is 2.53. The fourth-order valence-corrected chi connectivity index (χ4v) is 1.45. The second kappa shape index (κ2) is 4.59. The molecule has 0 fully saturated rings. The molecule has 7 heteroatoms. The Kier molecular flexibility index (Phi) is 3.69. The van der Waals surface area contributed by atoms with Crippen LogP contribution in [0, 0.1) is 0 Å². The Hall–Kier alpha value is -0.840.